The fourth-order valence-electron chi connectivity index (χ4n) is 2.99. The lowest BCUT2D eigenvalue weighted by atomic mass is 9.98. The summed E-state index contributed by atoms with van der Waals surface area (Å²) >= 11 is 0. The molecule has 1 saturated carbocycles. The maximum Gasteiger partial charge on any atom is 0.122 e. The van der Waals surface area contributed by atoms with E-state index < -0.39 is 0 Å². The summed E-state index contributed by atoms with van der Waals surface area (Å²) in [6.07, 6.45) is 1.18. The van der Waals surface area contributed by atoms with Gasteiger partial charge in [0.1, 0.15) is 5.75 Å². The molecular formula is C18H21NO. The van der Waals surface area contributed by atoms with Crippen molar-refractivity contribution in [3.63, 3.8) is 0 Å². The third-order valence-electron chi connectivity index (χ3n) is 4.35. The lowest BCUT2D eigenvalue weighted by Crippen LogP contribution is -2.13. The maximum atomic E-state index is 6.45. The van der Waals surface area contributed by atoms with Crippen molar-refractivity contribution in [3.8, 4) is 5.75 Å². The van der Waals surface area contributed by atoms with Gasteiger partial charge in [-0.05, 0) is 47.9 Å². The molecule has 2 N–H and O–H groups in total. The predicted molar refractivity (Wildman–Crippen MR) is 81.9 cm³/mol. The average Bonchev–Trinajstić information content (AvgIpc) is 3.28. The molecule has 0 aromatic heterocycles. The van der Waals surface area contributed by atoms with Crippen LogP contribution in [0.4, 0.5) is 0 Å². The summed E-state index contributed by atoms with van der Waals surface area (Å²) in [4.78, 5) is 0. The topological polar surface area (TPSA) is 35.2 Å². The third kappa shape index (κ3) is 2.44. The second kappa shape index (κ2) is 5.29. The van der Waals surface area contributed by atoms with E-state index in [2.05, 4.69) is 55.5 Å². The second-order valence-electron chi connectivity index (χ2n) is 5.67. The Morgan fingerprint density at radius 3 is 2.60 bits per heavy atom. The first-order valence-electron chi connectivity index (χ1n) is 7.15. The summed E-state index contributed by atoms with van der Waals surface area (Å²) in [6, 6.07) is 17.1. The van der Waals surface area contributed by atoms with E-state index in [0.717, 1.165) is 11.3 Å². The van der Waals surface area contributed by atoms with E-state index in [4.69, 9.17) is 10.5 Å². The molecule has 1 aliphatic rings. The molecule has 2 nitrogen and oxygen atoms in total. The number of ether oxygens (including phenoxy) is 1. The molecule has 1 aliphatic carbocycles. The molecule has 2 aromatic rings. The molecule has 2 aromatic carbocycles. The highest BCUT2D eigenvalue weighted by Gasteiger charge is 2.42. The minimum absolute atomic E-state index is 0.0923. The summed E-state index contributed by atoms with van der Waals surface area (Å²) in [6.45, 7) is 2.05. The van der Waals surface area contributed by atoms with Crippen LogP contribution in [0.3, 0.4) is 0 Å². The third-order valence-corrected chi connectivity index (χ3v) is 4.35. The van der Waals surface area contributed by atoms with Gasteiger partial charge in [-0.15, -0.1) is 0 Å². The molecule has 104 valence electrons. The van der Waals surface area contributed by atoms with Crippen molar-refractivity contribution < 1.29 is 4.74 Å². The number of benzene rings is 2. The van der Waals surface area contributed by atoms with Crippen molar-refractivity contribution in [2.75, 3.05) is 7.11 Å². The fraction of sp³-hybridized carbons (Fsp3) is 0.333. The van der Waals surface area contributed by atoms with Crippen LogP contribution >= 0.6 is 0 Å². The van der Waals surface area contributed by atoms with Gasteiger partial charge in [-0.2, -0.15) is 0 Å². The molecule has 0 amide bonds. The number of hydrogen-bond donors (Lipinski definition) is 1. The van der Waals surface area contributed by atoms with E-state index in [1.165, 1.54) is 17.5 Å². The van der Waals surface area contributed by atoms with E-state index in [1.807, 2.05) is 0 Å². The summed E-state index contributed by atoms with van der Waals surface area (Å²) in [5.41, 5.74) is 10.2. The molecule has 0 saturated heterocycles. The number of hydrogen-bond acceptors (Lipinski definition) is 2. The maximum absolute atomic E-state index is 6.45. The Morgan fingerprint density at radius 2 is 1.90 bits per heavy atom. The first kappa shape index (κ1) is 13.2. The van der Waals surface area contributed by atoms with Gasteiger partial charge in [-0.3, -0.25) is 0 Å². The first-order chi connectivity index (χ1) is 9.70. The van der Waals surface area contributed by atoms with Crippen LogP contribution in [0.5, 0.6) is 5.75 Å². The lowest BCUT2D eigenvalue weighted by molar-refractivity contribution is 0.410. The van der Waals surface area contributed by atoms with E-state index in [1.54, 1.807) is 7.11 Å². The standard InChI is InChI=1S/C18H21NO/c1-12-8-9-14(10-17(12)20-2)18(19)16-11-15(16)13-6-4-3-5-7-13/h3-10,15-16,18H,11,19H2,1-2H3. The van der Waals surface area contributed by atoms with Crippen LogP contribution in [0.15, 0.2) is 48.5 Å². The highest BCUT2D eigenvalue weighted by atomic mass is 16.5. The zero-order valence-corrected chi connectivity index (χ0v) is 12.0. The van der Waals surface area contributed by atoms with E-state index in [-0.39, 0.29) is 6.04 Å². The van der Waals surface area contributed by atoms with Crippen molar-refractivity contribution in [2.45, 2.75) is 25.3 Å². The largest absolute Gasteiger partial charge is 0.496 e. The molecule has 3 unspecified atom stereocenters. The molecule has 0 radical (unpaired) electrons. The number of aryl methyl sites for hydroxylation is 1. The molecule has 0 aliphatic heterocycles. The smallest absolute Gasteiger partial charge is 0.122 e. The van der Waals surface area contributed by atoms with Gasteiger partial charge >= 0.3 is 0 Å². The van der Waals surface area contributed by atoms with E-state index in [0.29, 0.717) is 11.8 Å². The van der Waals surface area contributed by atoms with Crippen LogP contribution in [0.25, 0.3) is 0 Å². The van der Waals surface area contributed by atoms with Gasteiger partial charge in [0.05, 0.1) is 7.11 Å². The van der Waals surface area contributed by atoms with Gasteiger partial charge in [-0.25, -0.2) is 0 Å². The van der Waals surface area contributed by atoms with Crippen molar-refractivity contribution in [1.29, 1.82) is 0 Å². The highest BCUT2D eigenvalue weighted by molar-refractivity contribution is 5.39. The van der Waals surface area contributed by atoms with Crippen molar-refractivity contribution in [3.05, 3.63) is 65.2 Å². The van der Waals surface area contributed by atoms with Crippen molar-refractivity contribution in [1.82, 2.24) is 0 Å². The number of rotatable bonds is 4. The molecule has 3 atom stereocenters. The second-order valence-corrected chi connectivity index (χ2v) is 5.67. The average molecular weight is 267 g/mol. The van der Waals surface area contributed by atoms with Crippen molar-refractivity contribution >= 4 is 0 Å². The Balaban J connectivity index is 1.76. The van der Waals surface area contributed by atoms with Gasteiger partial charge in [0.2, 0.25) is 0 Å². The Hall–Kier alpha value is -1.80. The fourth-order valence-corrected chi connectivity index (χ4v) is 2.99. The zero-order chi connectivity index (χ0) is 14.1. The number of methoxy groups -OCH3 is 1. The Labute approximate surface area is 120 Å². The van der Waals surface area contributed by atoms with Crippen LogP contribution in [-0.4, -0.2) is 7.11 Å². The van der Waals surface area contributed by atoms with Crippen LogP contribution < -0.4 is 10.5 Å². The highest BCUT2D eigenvalue weighted by Crippen LogP contribution is 2.53. The summed E-state index contributed by atoms with van der Waals surface area (Å²) in [7, 11) is 1.71. The van der Waals surface area contributed by atoms with E-state index in [9.17, 15) is 0 Å². The molecular weight excluding hydrogens is 246 g/mol. The molecule has 3 rings (SSSR count). The Kier molecular flexibility index (Phi) is 3.49. The quantitative estimate of drug-likeness (QED) is 0.914. The normalized spacial score (nSPS) is 22.4. The van der Waals surface area contributed by atoms with Crippen LogP contribution in [0.2, 0.25) is 0 Å². The summed E-state index contributed by atoms with van der Waals surface area (Å²) in [5, 5.41) is 0. The summed E-state index contributed by atoms with van der Waals surface area (Å²) < 4.78 is 5.39. The van der Waals surface area contributed by atoms with Gasteiger partial charge in [0, 0.05) is 6.04 Å². The Morgan fingerprint density at radius 1 is 1.15 bits per heavy atom. The molecule has 0 heterocycles. The van der Waals surface area contributed by atoms with Gasteiger partial charge in [0.25, 0.3) is 0 Å². The molecule has 0 bridgehead atoms. The minimum Gasteiger partial charge on any atom is -0.496 e. The SMILES string of the molecule is COc1cc(C(N)C2CC2c2ccccc2)ccc1C. The zero-order valence-electron chi connectivity index (χ0n) is 12.0. The monoisotopic (exact) mass is 267 g/mol. The molecule has 0 spiro atoms. The van der Waals surface area contributed by atoms with Gasteiger partial charge < -0.3 is 10.5 Å². The molecule has 1 fully saturated rings. The molecule has 20 heavy (non-hydrogen) atoms. The minimum atomic E-state index is 0.0923. The Bertz CT molecular complexity index is 594. The van der Waals surface area contributed by atoms with Crippen LogP contribution in [0.1, 0.15) is 35.1 Å². The first-order valence-corrected chi connectivity index (χ1v) is 7.15. The predicted octanol–water partition coefficient (Wildman–Crippen LogP) is 3.81. The van der Waals surface area contributed by atoms with Crippen LogP contribution in [-0.2, 0) is 0 Å². The lowest BCUT2D eigenvalue weighted by Gasteiger charge is -2.14. The summed E-state index contributed by atoms with van der Waals surface area (Å²) in [5.74, 6) is 2.08. The van der Waals surface area contributed by atoms with Crippen molar-refractivity contribution in [2.24, 2.45) is 11.7 Å². The number of nitrogens with two attached hydrogens (primary N) is 1. The van der Waals surface area contributed by atoms with Gasteiger partial charge in [-0.1, -0.05) is 42.5 Å². The van der Waals surface area contributed by atoms with Gasteiger partial charge in [0.15, 0.2) is 0 Å². The molecule has 2 heteroatoms. The van der Waals surface area contributed by atoms with Crippen LogP contribution in [0, 0.1) is 12.8 Å². The van der Waals surface area contributed by atoms with E-state index >= 15 is 0 Å².